The zero-order chi connectivity index (χ0) is 19.3. The fourth-order valence-corrected chi connectivity index (χ4v) is 2.38. The quantitative estimate of drug-likeness (QED) is 0.420. The monoisotopic (exact) mass is 362 g/mol. The largest absolute Gasteiger partial charge is 0.508 e. The number of nitro groups is 1. The van der Waals surface area contributed by atoms with E-state index in [-0.39, 0.29) is 24.5 Å². The van der Waals surface area contributed by atoms with Crippen LogP contribution in [0.25, 0.3) is 0 Å². The van der Waals surface area contributed by atoms with Crippen LogP contribution in [-0.2, 0) is 27.3 Å². The molecule has 2 rings (SSSR count). The number of nitrogens with one attached hydrogen (secondary N) is 1. The van der Waals surface area contributed by atoms with Crippen LogP contribution >= 0.6 is 0 Å². The number of aryl methyl sites for hydroxylation is 1. The van der Waals surface area contributed by atoms with Gasteiger partial charge in [0.15, 0.2) is 12.4 Å². The third kappa shape index (κ3) is 4.56. The molecule has 1 aromatic heterocycles. The zero-order valence-electron chi connectivity index (χ0n) is 14.2. The molecule has 0 aliphatic carbocycles. The minimum atomic E-state index is -0.972. The minimum Gasteiger partial charge on any atom is -0.508 e. The molecule has 10 nitrogen and oxygen atoms in total. The van der Waals surface area contributed by atoms with Crippen molar-refractivity contribution in [3.05, 3.63) is 52.0 Å². The van der Waals surface area contributed by atoms with Gasteiger partial charge < -0.3 is 25.3 Å². The van der Waals surface area contributed by atoms with Crippen molar-refractivity contribution >= 4 is 17.7 Å². The van der Waals surface area contributed by atoms with E-state index in [0.717, 1.165) is 10.8 Å². The summed E-state index contributed by atoms with van der Waals surface area (Å²) in [4.78, 5) is 38.4. The van der Waals surface area contributed by atoms with Crippen molar-refractivity contribution in [1.29, 1.82) is 0 Å². The Balaban J connectivity index is 2.11. The Morgan fingerprint density at radius 1 is 1.38 bits per heavy atom. The smallest absolute Gasteiger partial charge is 0.343 e. The van der Waals surface area contributed by atoms with Crippen LogP contribution in [0.1, 0.15) is 11.4 Å². The summed E-state index contributed by atoms with van der Waals surface area (Å²) in [5.41, 5.74) is 0.697. The highest BCUT2D eigenvalue weighted by Crippen LogP contribution is 2.14. The van der Waals surface area contributed by atoms with Gasteiger partial charge in [-0.1, -0.05) is 12.1 Å². The summed E-state index contributed by atoms with van der Waals surface area (Å²) >= 11 is 0. The van der Waals surface area contributed by atoms with Crippen LogP contribution < -0.4 is 5.32 Å². The van der Waals surface area contributed by atoms with Crippen LogP contribution in [0.2, 0.25) is 0 Å². The number of carbonyl (C=O) groups excluding carboxylic acids is 2. The second-order valence-corrected chi connectivity index (χ2v) is 5.52. The average molecular weight is 362 g/mol. The maximum Gasteiger partial charge on any atom is 0.343 e. The second kappa shape index (κ2) is 8.10. The molecular weight excluding hydrogens is 344 g/mol. The van der Waals surface area contributed by atoms with E-state index in [1.54, 1.807) is 12.1 Å². The highest BCUT2D eigenvalue weighted by Gasteiger charge is 2.25. The van der Waals surface area contributed by atoms with E-state index in [9.17, 15) is 24.8 Å². The van der Waals surface area contributed by atoms with Crippen LogP contribution in [-0.4, -0.2) is 44.6 Å². The molecular formula is C16H18N4O6. The molecule has 1 atom stereocenters. The third-order valence-electron chi connectivity index (χ3n) is 3.72. The van der Waals surface area contributed by atoms with E-state index in [2.05, 4.69) is 10.3 Å². The molecule has 10 heteroatoms. The van der Waals surface area contributed by atoms with Crippen molar-refractivity contribution in [1.82, 2.24) is 14.9 Å². The topological polar surface area (TPSA) is 137 Å². The molecule has 0 unspecified atom stereocenters. The van der Waals surface area contributed by atoms with Gasteiger partial charge in [-0.25, -0.2) is 14.3 Å². The van der Waals surface area contributed by atoms with Gasteiger partial charge in [-0.3, -0.25) is 4.79 Å². The predicted octanol–water partition coefficient (Wildman–Crippen LogP) is 0.706. The first-order valence-corrected chi connectivity index (χ1v) is 7.63. The summed E-state index contributed by atoms with van der Waals surface area (Å²) in [6, 6.07) is 5.18. The Hall–Kier alpha value is -3.43. The van der Waals surface area contributed by atoms with E-state index >= 15 is 0 Å². The first kappa shape index (κ1) is 18.9. The molecule has 1 heterocycles. The van der Waals surface area contributed by atoms with Gasteiger partial charge >= 0.3 is 11.8 Å². The molecule has 2 aromatic rings. The first-order valence-electron chi connectivity index (χ1n) is 7.63. The Morgan fingerprint density at radius 3 is 2.62 bits per heavy atom. The molecule has 0 saturated heterocycles. The lowest BCUT2D eigenvalue weighted by molar-refractivity contribution is -0.392. The fraction of sp³-hybridized carbons (Fsp3) is 0.312. The second-order valence-electron chi connectivity index (χ2n) is 5.52. The highest BCUT2D eigenvalue weighted by molar-refractivity contribution is 5.84. The van der Waals surface area contributed by atoms with Crippen molar-refractivity contribution in [2.75, 3.05) is 7.11 Å². The Kier molecular flexibility index (Phi) is 5.89. The number of aromatic hydroxyl groups is 1. The lowest BCUT2D eigenvalue weighted by atomic mass is 10.1. The summed E-state index contributed by atoms with van der Waals surface area (Å²) in [5.74, 6) is -1.17. The number of benzene rings is 1. The van der Waals surface area contributed by atoms with E-state index < -0.39 is 22.8 Å². The number of phenolic OH excluding ortho intramolecular Hbond substituents is 1. The summed E-state index contributed by atoms with van der Waals surface area (Å²) in [7, 11) is 1.20. The zero-order valence-corrected chi connectivity index (χ0v) is 14.2. The third-order valence-corrected chi connectivity index (χ3v) is 3.72. The van der Waals surface area contributed by atoms with Crippen molar-refractivity contribution in [2.24, 2.45) is 0 Å². The Labute approximate surface area is 148 Å². The number of rotatable bonds is 7. The minimum absolute atomic E-state index is 0.0790. The number of nitrogens with zero attached hydrogens (tertiary/aromatic N) is 3. The normalized spacial score (nSPS) is 11.6. The van der Waals surface area contributed by atoms with E-state index in [0.29, 0.717) is 11.4 Å². The lowest BCUT2D eigenvalue weighted by Crippen LogP contribution is -2.44. The van der Waals surface area contributed by atoms with Gasteiger partial charge in [0.1, 0.15) is 18.0 Å². The molecule has 0 spiro atoms. The summed E-state index contributed by atoms with van der Waals surface area (Å²) < 4.78 is 5.84. The van der Waals surface area contributed by atoms with Crippen molar-refractivity contribution in [3.8, 4) is 5.75 Å². The Morgan fingerprint density at radius 2 is 2.04 bits per heavy atom. The summed E-state index contributed by atoms with van der Waals surface area (Å²) in [6.45, 7) is 1.18. The number of hydrogen-bond donors (Lipinski definition) is 2. The molecule has 0 fully saturated rings. The van der Waals surface area contributed by atoms with Crippen molar-refractivity contribution < 1.29 is 24.4 Å². The van der Waals surface area contributed by atoms with Gasteiger partial charge in [-0.2, -0.15) is 0 Å². The molecule has 2 N–H and O–H groups in total. The van der Waals surface area contributed by atoms with Crippen LogP contribution in [0.5, 0.6) is 5.75 Å². The number of imidazole rings is 1. The maximum atomic E-state index is 12.3. The number of hydrogen-bond acceptors (Lipinski definition) is 7. The number of amides is 1. The van der Waals surface area contributed by atoms with E-state index in [1.165, 1.54) is 26.2 Å². The van der Waals surface area contributed by atoms with Crippen LogP contribution in [0.15, 0.2) is 30.5 Å². The number of carbonyl (C=O) groups is 2. The average Bonchev–Trinajstić information content (AvgIpc) is 2.96. The standard InChI is InChI=1S/C16H18N4O6/c1-10-17-8-15(20(24)25)19(10)9-14(22)18-13(16(23)26-2)7-11-3-5-12(21)6-4-11/h3-6,8,13,21H,7,9H2,1-2H3,(H,18,22)/t13-/m0/s1. The fourth-order valence-electron chi connectivity index (χ4n) is 2.38. The van der Waals surface area contributed by atoms with Crippen LogP contribution in [0.3, 0.4) is 0 Å². The van der Waals surface area contributed by atoms with Crippen molar-refractivity contribution in [2.45, 2.75) is 25.9 Å². The summed E-state index contributed by atoms with van der Waals surface area (Å²) in [6.07, 6.45) is 1.21. The number of methoxy groups -OCH3 is 1. The van der Waals surface area contributed by atoms with E-state index in [4.69, 9.17) is 4.74 Å². The first-order chi connectivity index (χ1) is 12.3. The van der Waals surface area contributed by atoms with Crippen LogP contribution in [0.4, 0.5) is 5.82 Å². The number of phenols is 1. The molecule has 0 aliphatic heterocycles. The van der Waals surface area contributed by atoms with Gasteiger partial charge in [0.05, 0.1) is 7.11 Å². The molecule has 0 radical (unpaired) electrons. The lowest BCUT2D eigenvalue weighted by Gasteiger charge is -2.16. The van der Waals surface area contributed by atoms with Gasteiger partial charge in [-0.05, 0) is 22.6 Å². The predicted molar refractivity (Wildman–Crippen MR) is 89.4 cm³/mol. The van der Waals surface area contributed by atoms with Crippen molar-refractivity contribution in [3.63, 3.8) is 0 Å². The number of ether oxygens (including phenoxy) is 1. The molecule has 1 amide bonds. The molecule has 0 bridgehead atoms. The Bertz CT molecular complexity index is 815. The number of aromatic nitrogens is 2. The van der Waals surface area contributed by atoms with Gasteiger partial charge in [0, 0.05) is 13.3 Å². The number of esters is 1. The summed E-state index contributed by atoms with van der Waals surface area (Å²) in [5, 5.41) is 22.8. The maximum absolute atomic E-state index is 12.3. The molecule has 138 valence electrons. The van der Waals surface area contributed by atoms with Crippen LogP contribution in [0, 0.1) is 17.0 Å². The molecule has 1 aromatic carbocycles. The highest BCUT2D eigenvalue weighted by atomic mass is 16.6. The van der Waals surface area contributed by atoms with E-state index in [1.807, 2.05) is 0 Å². The SMILES string of the molecule is COC(=O)[C@H](Cc1ccc(O)cc1)NC(=O)Cn1c([N+](=O)[O-])cnc1C. The molecule has 26 heavy (non-hydrogen) atoms. The van der Waals surface area contributed by atoms with Gasteiger partial charge in [-0.15, -0.1) is 0 Å². The molecule has 0 aliphatic rings. The van der Waals surface area contributed by atoms with Gasteiger partial charge in [0.2, 0.25) is 0 Å². The molecule has 0 saturated carbocycles. The van der Waals surface area contributed by atoms with Gasteiger partial charge in [0.25, 0.3) is 5.91 Å².